The molecule has 4 rings (SSSR count). The van der Waals surface area contributed by atoms with Crippen molar-refractivity contribution in [2.45, 2.75) is 26.8 Å². The van der Waals surface area contributed by atoms with Gasteiger partial charge in [0.1, 0.15) is 0 Å². The summed E-state index contributed by atoms with van der Waals surface area (Å²) >= 11 is 6.23. The minimum absolute atomic E-state index is 0.0108. The number of nitrogens with one attached hydrogen (secondary N) is 1. The van der Waals surface area contributed by atoms with E-state index in [1.165, 1.54) is 5.69 Å². The SMILES string of the molecule is CCN1CCN(c2ccc(NC(=O)[C@H]3CC(=O)N(Cc4ccccc4Cl)C3)c(C)c2)CC1. The van der Waals surface area contributed by atoms with E-state index in [2.05, 4.69) is 34.2 Å². The van der Waals surface area contributed by atoms with Gasteiger partial charge in [0, 0.05) is 62.1 Å². The van der Waals surface area contributed by atoms with Gasteiger partial charge in [0.25, 0.3) is 0 Å². The summed E-state index contributed by atoms with van der Waals surface area (Å²) in [6.07, 6.45) is 0.231. The molecule has 2 aromatic rings. The van der Waals surface area contributed by atoms with Crippen LogP contribution in [0.15, 0.2) is 42.5 Å². The summed E-state index contributed by atoms with van der Waals surface area (Å²) < 4.78 is 0. The fraction of sp³-hybridized carbons (Fsp3) is 0.440. The van der Waals surface area contributed by atoms with Crippen molar-refractivity contribution in [1.82, 2.24) is 9.80 Å². The number of benzene rings is 2. The second kappa shape index (κ2) is 9.92. The number of carbonyl (C=O) groups is 2. The molecule has 2 amide bonds. The molecule has 0 aromatic heterocycles. The Balaban J connectivity index is 1.35. The number of piperazine rings is 1. The number of amides is 2. The summed E-state index contributed by atoms with van der Waals surface area (Å²) in [5.41, 5.74) is 3.93. The van der Waals surface area contributed by atoms with Gasteiger partial charge in [-0.05, 0) is 48.9 Å². The van der Waals surface area contributed by atoms with E-state index in [1.54, 1.807) is 4.90 Å². The zero-order valence-electron chi connectivity index (χ0n) is 18.8. The average Bonchev–Trinajstić information content (AvgIpc) is 3.17. The molecule has 7 heteroatoms. The number of carbonyl (C=O) groups excluding carboxylic acids is 2. The minimum Gasteiger partial charge on any atom is -0.369 e. The zero-order chi connectivity index (χ0) is 22.7. The summed E-state index contributed by atoms with van der Waals surface area (Å²) in [5, 5.41) is 3.68. The highest BCUT2D eigenvalue weighted by Gasteiger charge is 2.34. The largest absolute Gasteiger partial charge is 0.369 e. The van der Waals surface area contributed by atoms with Crippen LogP contribution in [0.2, 0.25) is 5.02 Å². The highest BCUT2D eigenvalue weighted by Crippen LogP contribution is 2.27. The van der Waals surface area contributed by atoms with Crippen molar-refractivity contribution in [3.8, 4) is 0 Å². The number of rotatable bonds is 6. The van der Waals surface area contributed by atoms with Crippen molar-refractivity contribution >= 4 is 34.8 Å². The number of halogens is 1. The van der Waals surface area contributed by atoms with Crippen LogP contribution in [-0.2, 0) is 16.1 Å². The van der Waals surface area contributed by atoms with Crippen molar-refractivity contribution in [2.24, 2.45) is 5.92 Å². The summed E-state index contributed by atoms with van der Waals surface area (Å²) in [6.45, 7) is 10.3. The van der Waals surface area contributed by atoms with Gasteiger partial charge in [-0.3, -0.25) is 9.59 Å². The molecule has 0 radical (unpaired) electrons. The van der Waals surface area contributed by atoms with Crippen LogP contribution in [0.4, 0.5) is 11.4 Å². The third-order valence-electron chi connectivity index (χ3n) is 6.56. The quantitative estimate of drug-likeness (QED) is 0.721. The minimum atomic E-state index is -0.355. The van der Waals surface area contributed by atoms with Crippen LogP contribution in [0.3, 0.4) is 0 Å². The molecular formula is C25H31ClN4O2. The van der Waals surface area contributed by atoms with Crippen molar-refractivity contribution in [2.75, 3.05) is 49.5 Å². The van der Waals surface area contributed by atoms with E-state index in [1.807, 2.05) is 37.3 Å². The first-order chi connectivity index (χ1) is 15.4. The van der Waals surface area contributed by atoms with Crippen LogP contribution in [0.25, 0.3) is 0 Å². The molecule has 1 N–H and O–H groups in total. The van der Waals surface area contributed by atoms with E-state index in [4.69, 9.17) is 11.6 Å². The Morgan fingerprint density at radius 2 is 1.88 bits per heavy atom. The van der Waals surface area contributed by atoms with Gasteiger partial charge in [-0.15, -0.1) is 0 Å². The number of likely N-dealkylation sites (N-methyl/N-ethyl adjacent to an activating group) is 1. The number of anilines is 2. The lowest BCUT2D eigenvalue weighted by molar-refractivity contribution is -0.128. The van der Waals surface area contributed by atoms with Gasteiger partial charge in [-0.25, -0.2) is 0 Å². The first kappa shape index (κ1) is 22.6. The van der Waals surface area contributed by atoms with Crippen LogP contribution in [0.1, 0.15) is 24.5 Å². The first-order valence-electron chi connectivity index (χ1n) is 11.3. The molecule has 170 valence electrons. The summed E-state index contributed by atoms with van der Waals surface area (Å²) in [6, 6.07) is 13.7. The first-order valence-corrected chi connectivity index (χ1v) is 11.7. The highest BCUT2D eigenvalue weighted by molar-refractivity contribution is 6.31. The Hall–Kier alpha value is -2.57. The number of likely N-dealkylation sites (tertiary alicyclic amines) is 1. The lowest BCUT2D eigenvalue weighted by atomic mass is 10.1. The second-order valence-electron chi connectivity index (χ2n) is 8.68. The Morgan fingerprint density at radius 1 is 1.12 bits per heavy atom. The topological polar surface area (TPSA) is 55.9 Å². The summed E-state index contributed by atoms with van der Waals surface area (Å²) in [4.78, 5) is 32.0. The van der Waals surface area contributed by atoms with Crippen LogP contribution >= 0.6 is 11.6 Å². The van der Waals surface area contributed by atoms with E-state index >= 15 is 0 Å². The highest BCUT2D eigenvalue weighted by atomic mass is 35.5. The third kappa shape index (κ3) is 5.08. The Bertz CT molecular complexity index is 988. The molecule has 6 nitrogen and oxygen atoms in total. The van der Waals surface area contributed by atoms with E-state index < -0.39 is 0 Å². The predicted octanol–water partition coefficient (Wildman–Crippen LogP) is 3.78. The molecule has 2 fully saturated rings. The van der Waals surface area contributed by atoms with E-state index in [9.17, 15) is 9.59 Å². The summed E-state index contributed by atoms with van der Waals surface area (Å²) in [7, 11) is 0. The molecule has 0 saturated carbocycles. The van der Waals surface area contributed by atoms with E-state index in [0.29, 0.717) is 18.1 Å². The molecule has 0 unspecified atom stereocenters. The van der Waals surface area contributed by atoms with Gasteiger partial charge in [0.05, 0.1) is 5.92 Å². The number of hydrogen-bond acceptors (Lipinski definition) is 4. The van der Waals surface area contributed by atoms with Gasteiger partial charge >= 0.3 is 0 Å². The van der Waals surface area contributed by atoms with Crippen LogP contribution in [0.5, 0.6) is 0 Å². The molecule has 0 bridgehead atoms. The maximum absolute atomic E-state index is 12.9. The van der Waals surface area contributed by atoms with E-state index in [-0.39, 0.29) is 24.2 Å². The van der Waals surface area contributed by atoms with Gasteiger partial charge in [0.2, 0.25) is 11.8 Å². The average molecular weight is 455 g/mol. The maximum atomic E-state index is 12.9. The number of nitrogens with zero attached hydrogens (tertiary/aromatic N) is 3. The maximum Gasteiger partial charge on any atom is 0.229 e. The monoisotopic (exact) mass is 454 g/mol. The zero-order valence-corrected chi connectivity index (χ0v) is 19.6. The Morgan fingerprint density at radius 3 is 2.56 bits per heavy atom. The van der Waals surface area contributed by atoms with Crippen molar-refractivity contribution in [3.63, 3.8) is 0 Å². The van der Waals surface area contributed by atoms with Gasteiger partial charge in [0.15, 0.2) is 0 Å². The van der Waals surface area contributed by atoms with Crippen LogP contribution < -0.4 is 10.2 Å². The van der Waals surface area contributed by atoms with Crippen LogP contribution in [0, 0.1) is 12.8 Å². The molecule has 2 aliphatic heterocycles. The molecule has 2 saturated heterocycles. The van der Waals surface area contributed by atoms with Crippen molar-refractivity contribution < 1.29 is 9.59 Å². The van der Waals surface area contributed by atoms with Gasteiger partial charge in [-0.1, -0.05) is 36.7 Å². The second-order valence-corrected chi connectivity index (χ2v) is 9.08. The Kier molecular flexibility index (Phi) is 7.01. The molecular weight excluding hydrogens is 424 g/mol. The Labute approximate surface area is 195 Å². The fourth-order valence-corrected chi connectivity index (χ4v) is 4.67. The lowest BCUT2D eigenvalue weighted by Gasteiger charge is -2.35. The van der Waals surface area contributed by atoms with Crippen LogP contribution in [-0.4, -0.2) is 60.9 Å². The van der Waals surface area contributed by atoms with Gasteiger partial charge in [-0.2, -0.15) is 0 Å². The molecule has 0 spiro atoms. The molecule has 2 aliphatic rings. The fourth-order valence-electron chi connectivity index (χ4n) is 4.47. The third-order valence-corrected chi connectivity index (χ3v) is 6.93. The standard InChI is InChI=1S/C25H31ClN4O2/c1-3-28-10-12-29(13-11-28)21-8-9-23(18(2)14-21)27-25(32)20-15-24(31)30(17-20)16-19-6-4-5-7-22(19)26/h4-9,14,20H,3,10-13,15-17H2,1-2H3,(H,27,32)/t20-/m0/s1. The molecule has 2 heterocycles. The number of aryl methyl sites for hydroxylation is 1. The summed E-state index contributed by atoms with van der Waals surface area (Å²) in [5.74, 6) is -0.470. The van der Waals surface area contributed by atoms with Crippen molar-refractivity contribution in [1.29, 1.82) is 0 Å². The predicted molar refractivity (Wildman–Crippen MR) is 129 cm³/mol. The normalized spacial score (nSPS) is 19.5. The van der Waals surface area contributed by atoms with Gasteiger partial charge < -0.3 is 20.0 Å². The molecule has 0 aliphatic carbocycles. The smallest absolute Gasteiger partial charge is 0.229 e. The molecule has 32 heavy (non-hydrogen) atoms. The van der Waals surface area contributed by atoms with Crippen molar-refractivity contribution in [3.05, 3.63) is 58.6 Å². The molecule has 1 atom stereocenters. The van der Waals surface area contributed by atoms with E-state index in [0.717, 1.165) is 49.5 Å². The molecule has 2 aromatic carbocycles. The number of hydrogen-bond donors (Lipinski definition) is 1. The lowest BCUT2D eigenvalue weighted by Crippen LogP contribution is -2.46.